The Morgan fingerprint density at radius 1 is 1.06 bits per heavy atom. The quantitative estimate of drug-likeness (QED) is 0.333. The van der Waals surface area contributed by atoms with Crippen molar-refractivity contribution in [3.05, 3.63) is 64.3 Å². The Balaban J connectivity index is 1.71. The fraction of sp³-hybridized carbons (Fsp3) is 0.130. The first kappa shape index (κ1) is 21.0. The number of nitrogens with one attached hydrogen (secondary N) is 1. The van der Waals surface area contributed by atoms with Gasteiger partial charge in [0.25, 0.3) is 0 Å². The third-order valence-electron chi connectivity index (χ3n) is 5.07. The molecule has 4 aromatic rings. The number of ether oxygens (including phenoxy) is 1. The monoisotopic (exact) mass is 456 g/mol. The summed E-state index contributed by atoms with van der Waals surface area (Å²) < 4.78 is 5.13. The lowest BCUT2D eigenvalue weighted by Crippen LogP contribution is -1.98. The van der Waals surface area contributed by atoms with E-state index >= 15 is 0 Å². The summed E-state index contributed by atoms with van der Waals surface area (Å²) in [7, 11) is 1.51. The number of methoxy groups -OCH3 is 1. The number of carboxylic acid groups (broad SMARTS) is 1. The molecule has 1 heterocycles. The number of aromatic hydroxyl groups is 1. The number of halogens is 2. The Morgan fingerprint density at radius 3 is 2.42 bits per heavy atom. The molecular formula is C23H18Cl2N2O4. The normalized spacial score (nSPS) is 11.1. The molecule has 6 nitrogen and oxygen atoms in total. The Kier molecular flexibility index (Phi) is 5.76. The van der Waals surface area contributed by atoms with E-state index in [1.54, 1.807) is 12.1 Å². The Bertz CT molecular complexity index is 1260. The zero-order valence-corrected chi connectivity index (χ0v) is 18.0. The van der Waals surface area contributed by atoms with Crippen LogP contribution in [0.3, 0.4) is 0 Å². The number of aromatic amines is 1. The number of H-pyrrole nitrogens is 1. The maximum Gasteiger partial charge on any atom is 0.303 e. The second-order valence-electron chi connectivity index (χ2n) is 7.02. The van der Waals surface area contributed by atoms with E-state index in [0.29, 0.717) is 33.5 Å². The van der Waals surface area contributed by atoms with Crippen LogP contribution in [-0.2, 0) is 11.2 Å². The molecule has 8 heteroatoms. The van der Waals surface area contributed by atoms with Gasteiger partial charge in [-0.25, -0.2) is 0 Å². The molecule has 0 saturated carbocycles. The van der Waals surface area contributed by atoms with Crippen molar-refractivity contribution in [2.45, 2.75) is 12.8 Å². The van der Waals surface area contributed by atoms with E-state index < -0.39 is 5.97 Å². The molecule has 0 amide bonds. The van der Waals surface area contributed by atoms with E-state index in [1.165, 1.54) is 13.2 Å². The maximum absolute atomic E-state index is 10.9. The predicted molar refractivity (Wildman–Crippen MR) is 121 cm³/mol. The molecule has 0 unspecified atom stereocenters. The first-order chi connectivity index (χ1) is 14.9. The second kappa shape index (κ2) is 8.49. The number of rotatable bonds is 6. The summed E-state index contributed by atoms with van der Waals surface area (Å²) in [5.41, 5.74) is 4.36. The van der Waals surface area contributed by atoms with Gasteiger partial charge in [-0.1, -0.05) is 47.5 Å². The third kappa shape index (κ3) is 4.17. The lowest BCUT2D eigenvalue weighted by atomic mass is 9.98. The summed E-state index contributed by atoms with van der Waals surface area (Å²) in [6.45, 7) is 0. The van der Waals surface area contributed by atoms with Gasteiger partial charge in [-0.05, 0) is 29.3 Å². The van der Waals surface area contributed by atoms with Gasteiger partial charge in [-0.3, -0.25) is 9.89 Å². The van der Waals surface area contributed by atoms with Gasteiger partial charge >= 0.3 is 5.97 Å². The highest BCUT2D eigenvalue weighted by molar-refractivity contribution is 6.34. The SMILES string of the molecule is COc1cc(O)c(-c2ccc(-c3cc4c(CCC(=O)O)n[nH]c4cc3Cl)cc2)c(Cl)c1. The van der Waals surface area contributed by atoms with E-state index in [-0.39, 0.29) is 12.2 Å². The molecule has 0 atom stereocenters. The Hall–Kier alpha value is -3.22. The van der Waals surface area contributed by atoms with Crippen LogP contribution in [0.15, 0.2) is 48.5 Å². The van der Waals surface area contributed by atoms with E-state index in [9.17, 15) is 9.90 Å². The molecule has 0 radical (unpaired) electrons. The number of aliphatic carboxylic acids is 1. The van der Waals surface area contributed by atoms with Crippen LogP contribution in [0.25, 0.3) is 33.2 Å². The van der Waals surface area contributed by atoms with Crippen molar-refractivity contribution in [3.8, 4) is 33.8 Å². The zero-order valence-electron chi connectivity index (χ0n) is 16.4. The van der Waals surface area contributed by atoms with Crippen LogP contribution in [0.5, 0.6) is 11.5 Å². The molecule has 0 saturated heterocycles. The number of aryl methyl sites for hydroxylation is 1. The first-order valence-electron chi connectivity index (χ1n) is 9.43. The molecule has 0 aliphatic rings. The number of aromatic nitrogens is 2. The van der Waals surface area contributed by atoms with Crippen molar-refractivity contribution in [1.82, 2.24) is 10.2 Å². The van der Waals surface area contributed by atoms with Crippen LogP contribution >= 0.6 is 23.2 Å². The molecule has 0 bridgehead atoms. The summed E-state index contributed by atoms with van der Waals surface area (Å²) >= 11 is 12.8. The second-order valence-corrected chi connectivity index (χ2v) is 7.84. The number of carboxylic acids is 1. The van der Waals surface area contributed by atoms with Gasteiger partial charge in [0.05, 0.1) is 34.8 Å². The number of phenols is 1. The average molecular weight is 457 g/mol. The number of nitrogens with zero attached hydrogens (tertiary/aromatic N) is 1. The van der Waals surface area contributed by atoms with Gasteiger partial charge in [-0.15, -0.1) is 0 Å². The largest absolute Gasteiger partial charge is 0.507 e. The fourth-order valence-corrected chi connectivity index (χ4v) is 4.10. The topological polar surface area (TPSA) is 95.4 Å². The molecule has 31 heavy (non-hydrogen) atoms. The van der Waals surface area contributed by atoms with Crippen molar-refractivity contribution in [1.29, 1.82) is 0 Å². The van der Waals surface area contributed by atoms with Crippen molar-refractivity contribution >= 4 is 40.1 Å². The number of fused-ring (bicyclic) bond motifs is 1. The molecule has 3 N–H and O–H groups in total. The summed E-state index contributed by atoms with van der Waals surface area (Å²) in [5.74, 6) is -0.374. The van der Waals surface area contributed by atoms with E-state index in [1.807, 2.05) is 30.3 Å². The Labute approximate surface area is 188 Å². The van der Waals surface area contributed by atoms with Crippen LogP contribution in [0.2, 0.25) is 10.0 Å². The smallest absolute Gasteiger partial charge is 0.303 e. The van der Waals surface area contributed by atoms with Crippen LogP contribution in [0.1, 0.15) is 12.1 Å². The molecule has 4 rings (SSSR count). The third-order valence-corrected chi connectivity index (χ3v) is 5.68. The van der Waals surface area contributed by atoms with Crippen LogP contribution in [0.4, 0.5) is 0 Å². The first-order valence-corrected chi connectivity index (χ1v) is 10.2. The summed E-state index contributed by atoms with van der Waals surface area (Å²) in [6, 6.07) is 14.3. The number of carbonyl (C=O) groups is 1. The highest BCUT2D eigenvalue weighted by Crippen LogP contribution is 2.40. The van der Waals surface area contributed by atoms with E-state index in [0.717, 1.165) is 27.6 Å². The van der Waals surface area contributed by atoms with Crippen LogP contribution < -0.4 is 4.74 Å². The molecule has 158 valence electrons. The van der Waals surface area contributed by atoms with Crippen molar-refractivity contribution < 1.29 is 19.7 Å². The molecule has 1 aromatic heterocycles. The lowest BCUT2D eigenvalue weighted by molar-refractivity contribution is -0.136. The number of hydrogen-bond acceptors (Lipinski definition) is 4. The van der Waals surface area contributed by atoms with Crippen molar-refractivity contribution in [2.75, 3.05) is 7.11 Å². The van der Waals surface area contributed by atoms with Crippen LogP contribution in [0, 0.1) is 0 Å². The van der Waals surface area contributed by atoms with Gasteiger partial charge in [0, 0.05) is 29.0 Å². The van der Waals surface area contributed by atoms with Gasteiger partial charge in [0.2, 0.25) is 0 Å². The van der Waals surface area contributed by atoms with Gasteiger partial charge in [-0.2, -0.15) is 5.10 Å². The summed E-state index contributed by atoms with van der Waals surface area (Å²) in [6.07, 6.45) is 0.323. The van der Waals surface area contributed by atoms with Gasteiger partial charge in [0.1, 0.15) is 11.5 Å². The average Bonchev–Trinajstić information content (AvgIpc) is 3.13. The minimum Gasteiger partial charge on any atom is -0.507 e. The predicted octanol–water partition coefficient (Wildman–Crippen LogP) is 5.94. The summed E-state index contributed by atoms with van der Waals surface area (Å²) in [5, 5.41) is 28.2. The standard InChI is InChI=1S/C23H18Cl2N2O4/c1-31-14-8-18(25)23(21(28)9-14)13-4-2-12(3-5-13)15-10-16-19(6-7-22(29)30)26-27-20(16)11-17(15)24/h2-5,8-11,28H,6-7H2,1H3,(H,26,27)(H,29,30). The minimum absolute atomic E-state index is 0.00127. The minimum atomic E-state index is -0.874. The fourth-order valence-electron chi connectivity index (χ4n) is 3.52. The Morgan fingerprint density at radius 2 is 1.77 bits per heavy atom. The molecule has 0 aliphatic carbocycles. The number of hydrogen-bond donors (Lipinski definition) is 3. The maximum atomic E-state index is 10.9. The number of phenolic OH excluding ortho intramolecular Hbond substituents is 1. The van der Waals surface area contributed by atoms with E-state index in [4.69, 9.17) is 33.0 Å². The van der Waals surface area contributed by atoms with E-state index in [2.05, 4.69) is 10.2 Å². The molecule has 3 aromatic carbocycles. The highest BCUT2D eigenvalue weighted by Gasteiger charge is 2.15. The van der Waals surface area contributed by atoms with Crippen molar-refractivity contribution in [3.63, 3.8) is 0 Å². The molecule has 0 spiro atoms. The van der Waals surface area contributed by atoms with Crippen LogP contribution in [-0.4, -0.2) is 33.5 Å². The molecule has 0 aliphatic heterocycles. The molecule has 0 fully saturated rings. The zero-order chi connectivity index (χ0) is 22.1. The lowest BCUT2D eigenvalue weighted by Gasteiger charge is -2.11. The highest BCUT2D eigenvalue weighted by atomic mass is 35.5. The number of benzene rings is 3. The van der Waals surface area contributed by atoms with Gasteiger partial charge < -0.3 is 14.9 Å². The molecular weight excluding hydrogens is 439 g/mol. The summed E-state index contributed by atoms with van der Waals surface area (Å²) in [4.78, 5) is 10.9. The van der Waals surface area contributed by atoms with Gasteiger partial charge in [0.15, 0.2) is 0 Å². The van der Waals surface area contributed by atoms with Crippen molar-refractivity contribution in [2.24, 2.45) is 0 Å².